The summed E-state index contributed by atoms with van der Waals surface area (Å²) in [4.78, 5) is 47.3. The first-order chi connectivity index (χ1) is 10.4. The standard InChI is InChI=1S/C13H20O8P2/c1-8-7-10(21-23(17,18)19)11(13(3,4)5-6-14)9(2)12(8)20-22(15)16/h6-7,15-16H,5H2,1-4H3,(H2,17,18,19). The van der Waals surface area contributed by atoms with Crippen molar-refractivity contribution in [2.45, 2.75) is 39.5 Å². The molecule has 0 saturated heterocycles. The molecule has 130 valence electrons. The number of aldehydes is 1. The van der Waals surface area contributed by atoms with Gasteiger partial charge >= 0.3 is 16.4 Å². The van der Waals surface area contributed by atoms with Crippen molar-refractivity contribution in [3.63, 3.8) is 0 Å². The van der Waals surface area contributed by atoms with Crippen molar-refractivity contribution in [1.82, 2.24) is 0 Å². The predicted octanol–water partition coefficient (Wildman–Crippen LogP) is 2.23. The van der Waals surface area contributed by atoms with Gasteiger partial charge in [-0.1, -0.05) is 13.8 Å². The van der Waals surface area contributed by atoms with E-state index in [-0.39, 0.29) is 17.9 Å². The molecule has 0 aliphatic rings. The first kappa shape index (κ1) is 20.0. The van der Waals surface area contributed by atoms with Crippen LogP contribution in [0.25, 0.3) is 0 Å². The Morgan fingerprint density at radius 2 is 1.87 bits per heavy atom. The van der Waals surface area contributed by atoms with Gasteiger partial charge in [-0.05, 0) is 31.0 Å². The van der Waals surface area contributed by atoms with E-state index in [1.807, 2.05) is 0 Å². The van der Waals surface area contributed by atoms with Crippen LogP contribution in [0.2, 0.25) is 0 Å². The third-order valence-electron chi connectivity index (χ3n) is 3.33. The maximum Gasteiger partial charge on any atom is 0.524 e. The van der Waals surface area contributed by atoms with Crippen LogP contribution in [0, 0.1) is 13.8 Å². The summed E-state index contributed by atoms with van der Waals surface area (Å²) in [6.45, 7) is 6.58. The van der Waals surface area contributed by atoms with Gasteiger partial charge in [0.1, 0.15) is 17.8 Å². The first-order valence-electron chi connectivity index (χ1n) is 6.58. The molecule has 8 nitrogen and oxygen atoms in total. The Hall–Kier alpha value is -1.01. The number of carbonyl (C=O) groups is 1. The van der Waals surface area contributed by atoms with Crippen LogP contribution < -0.4 is 9.05 Å². The van der Waals surface area contributed by atoms with Crippen LogP contribution in [0.1, 0.15) is 37.0 Å². The smallest absolute Gasteiger partial charge is 0.426 e. The van der Waals surface area contributed by atoms with Crippen molar-refractivity contribution in [3.05, 3.63) is 22.8 Å². The molecule has 10 heteroatoms. The van der Waals surface area contributed by atoms with Crippen molar-refractivity contribution in [1.29, 1.82) is 0 Å². The summed E-state index contributed by atoms with van der Waals surface area (Å²) in [7, 11) is -7.47. The van der Waals surface area contributed by atoms with Crippen LogP contribution in [-0.2, 0) is 14.8 Å². The van der Waals surface area contributed by atoms with Gasteiger partial charge in [-0.15, -0.1) is 0 Å². The van der Waals surface area contributed by atoms with E-state index in [4.69, 9.17) is 28.6 Å². The number of rotatable bonds is 7. The van der Waals surface area contributed by atoms with Gasteiger partial charge < -0.3 is 23.6 Å². The topological polar surface area (TPSA) is 134 Å². The van der Waals surface area contributed by atoms with Crippen LogP contribution in [0.3, 0.4) is 0 Å². The molecule has 0 spiro atoms. The Bertz CT molecular complexity index is 635. The van der Waals surface area contributed by atoms with Gasteiger partial charge in [0.2, 0.25) is 0 Å². The molecule has 0 bridgehead atoms. The van der Waals surface area contributed by atoms with Gasteiger partial charge in [0, 0.05) is 17.4 Å². The highest BCUT2D eigenvalue weighted by Gasteiger charge is 2.32. The van der Waals surface area contributed by atoms with E-state index in [1.54, 1.807) is 27.7 Å². The van der Waals surface area contributed by atoms with E-state index in [0.717, 1.165) is 0 Å². The van der Waals surface area contributed by atoms with E-state index in [1.165, 1.54) is 6.07 Å². The molecule has 0 atom stereocenters. The molecular weight excluding hydrogens is 346 g/mol. The zero-order valence-electron chi connectivity index (χ0n) is 13.2. The van der Waals surface area contributed by atoms with Crippen molar-refractivity contribution >= 4 is 22.7 Å². The molecule has 0 radical (unpaired) electrons. The third-order valence-corrected chi connectivity index (χ3v) is 4.11. The van der Waals surface area contributed by atoms with Crippen molar-refractivity contribution in [2.24, 2.45) is 0 Å². The Balaban J connectivity index is 3.63. The van der Waals surface area contributed by atoms with Crippen LogP contribution in [-0.4, -0.2) is 25.9 Å². The van der Waals surface area contributed by atoms with E-state index in [9.17, 15) is 9.36 Å². The minimum Gasteiger partial charge on any atom is -0.426 e. The average Bonchev–Trinajstić information content (AvgIpc) is 2.31. The average molecular weight is 366 g/mol. The molecule has 23 heavy (non-hydrogen) atoms. The summed E-state index contributed by atoms with van der Waals surface area (Å²) >= 11 is 0. The molecule has 1 rings (SSSR count). The van der Waals surface area contributed by atoms with Gasteiger partial charge in [0.25, 0.3) is 0 Å². The van der Waals surface area contributed by atoms with Gasteiger partial charge in [0.15, 0.2) is 0 Å². The molecule has 1 aromatic carbocycles. The van der Waals surface area contributed by atoms with Gasteiger partial charge in [0.05, 0.1) is 0 Å². The molecule has 1 aromatic rings. The molecule has 0 fully saturated rings. The fourth-order valence-corrected chi connectivity index (χ4v) is 3.35. The molecule has 0 heterocycles. The molecule has 4 N–H and O–H groups in total. The van der Waals surface area contributed by atoms with Crippen molar-refractivity contribution in [3.8, 4) is 11.5 Å². The molecular formula is C13H20O8P2. The van der Waals surface area contributed by atoms with Crippen LogP contribution >= 0.6 is 16.4 Å². The van der Waals surface area contributed by atoms with Crippen LogP contribution in [0.15, 0.2) is 6.07 Å². The summed E-state index contributed by atoms with van der Waals surface area (Å²) in [5, 5.41) is 0. The first-order valence-corrected chi connectivity index (χ1v) is 9.28. The summed E-state index contributed by atoms with van der Waals surface area (Å²) in [5.41, 5.74) is 0.365. The van der Waals surface area contributed by atoms with Crippen LogP contribution in [0.5, 0.6) is 11.5 Å². The Morgan fingerprint density at radius 3 is 2.30 bits per heavy atom. The summed E-state index contributed by atoms with van der Waals surface area (Å²) in [5.74, 6) is 0.0980. The largest absolute Gasteiger partial charge is 0.524 e. The lowest BCUT2D eigenvalue weighted by Gasteiger charge is -2.29. The SMILES string of the molecule is Cc1cc(OP(=O)(O)O)c(C(C)(C)CC=O)c(C)c1OP(O)O. The summed E-state index contributed by atoms with van der Waals surface area (Å²) in [6, 6.07) is 1.34. The normalized spacial score (nSPS) is 12.4. The maximum absolute atomic E-state index is 11.2. The highest BCUT2D eigenvalue weighted by atomic mass is 31.2. The monoisotopic (exact) mass is 366 g/mol. The molecule has 0 saturated carbocycles. The predicted molar refractivity (Wildman–Crippen MR) is 84.3 cm³/mol. The fourth-order valence-electron chi connectivity index (χ4n) is 2.50. The second-order valence-electron chi connectivity index (χ2n) is 5.70. The second kappa shape index (κ2) is 7.26. The highest BCUT2D eigenvalue weighted by Crippen LogP contribution is 2.48. The van der Waals surface area contributed by atoms with Gasteiger partial charge in [-0.3, -0.25) is 9.79 Å². The minimum atomic E-state index is -4.81. The number of phosphoric ester groups is 1. The Labute approximate surface area is 135 Å². The summed E-state index contributed by atoms with van der Waals surface area (Å²) in [6.07, 6.45) is 0.757. The van der Waals surface area contributed by atoms with E-state index < -0.39 is 21.8 Å². The van der Waals surface area contributed by atoms with Gasteiger partial charge in [-0.25, -0.2) is 4.57 Å². The third kappa shape index (κ3) is 5.24. The molecule has 0 amide bonds. The number of benzene rings is 1. The fraction of sp³-hybridized carbons (Fsp3) is 0.462. The molecule has 0 aliphatic carbocycles. The number of phosphoric acid groups is 1. The lowest BCUT2D eigenvalue weighted by atomic mass is 9.78. The maximum atomic E-state index is 11.2. The summed E-state index contributed by atoms with van der Waals surface area (Å²) < 4.78 is 21.0. The van der Waals surface area contributed by atoms with E-state index >= 15 is 0 Å². The highest BCUT2D eigenvalue weighted by molar-refractivity contribution is 7.46. The molecule has 0 unspecified atom stereocenters. The quantitative estimate of drug-likeness (QED) is 0.426. The zero-order chi connectivity index (χ0) is 18.0. The van der Waals surface area contributed by atoms with Crippen molar-refractivity contribution in [2.75, 3.05) is 0 Å². The van der Waals surface area contributed by atoms with E-state index in [0.29, 0.717) is 23.0 Å². The Kier molecular flexibility index (Phi) is 6.32. The number of hydrogen-bond acceptors (Lipinski definition) is 6. The zero-order valence-corrected chi connectivity index (χ0v) is 15.0. The number of carbonyl (C=O) groups excluding carboxylic acids is 1. The molecule has 0 aliphatic heterocycles. The molecule has 0 aromatic heterocycles. The lowest BCUT2D eigenvalue weighted by molar-refractivity contribution is -0.108. The Morgan fingerprint density at radius 1 is 1.30 bits per heavy atom. The van der Waals surface area contributed by atoms with Crippen molar-refractivity contribution < 1.29 is 38.0 Å². The second-order valence-corrected chi connectivity index (χ2v) is 7.55. The van der Waals surface area contributed by atoms with E-state index in [2.05, 4.69) is 0 Å². The van der Waals surface area contributed by atoms with Crippen LogP contribution in [0.4, 0.5) is 0 Å². The number of hydrogen-bond donors (Lipinski definition) is 4. The number of aryl methyl sites for hydroxylation is 1. The van der Waals surface area contributed by atoms with Gasteiger partial charge in [-0.2, -0.15) is 0 Å². The minimum absolute atomic E-state index is 0.0703. The lowest BCUT2D eigenvalue weighted by Crippen LogP contribution is -2.21.